The van der Waals surface area contributed by atoms with Gasteiger partial charge in [0.05, 0.1) is 12.1 Å². The molecule has 2 atom stereocenters. The normalized spacial score (nSPS) is 23.3. The Morgan fingerprint density at radius 1 is 1.29 bits per heavy atom. The zero-order valence-electron chi connectivity index (χ0n) is 13.9. The first-order valence-electron chi connectivity index (χ1n) is 8.67. The number of nitrogens with one attached hydrogen (secondary N) is 1. The highest BCUT2D eigenvalue weighted by atomic mass is 19.2. The number of benzene rings is 1. The van der Waals surface area contributed by atoms with Crippen LogP contribution in [0, 0.1) is 17.6 Å². The van der Waals surface area contributed by atoms with Crippen LogP contribution in [0.15, 0.2) is 18.2 Å². The number of nitrogens with zero attached hydrogens (tertiary/aromatic N) is 1. The molecule has 0 saturated carbocycles. The number of likely N-dealkylation sites (tertiary alicyclic amines) is 1. The molecule has 1 aromatic carbocycles. The van der Waals surface area contributed by atoms with Gasteiger partial charge in [-0.2, -0.15) is 0 Å². The van der Waals surface area contributed by atoms with Crippen LogP contribution < -0.4 is 5.32 Å². The molecule has 3 rings (SSSR count). The first kappa shape index (κ1) is 17.1. The molecule has 1 aromatic rings. The number of amides is 2. The Bertz CT molecular complexity index is 582. The summed E-state index contributed by atoms with van der Waals surface area (Å²) < 4.78 is 32.9. The summed E-state index contributed by atoms with van der Waals surface area (Å²) in [5, 5.41) is 2.77. The molecule has 0 spiro atoms. The Morgan fingerprint density at radius 3 is 2.71 bits per heavy atom. The van der Waals surface area contributed by atoms with E-state index in [4.69, 9.17) is 4.74 Å². The van der Waals surface area contributed by atoms with Gasteiger partial charge in [-0.3, -0.25) is 0 Å². The average molecular weight is 338 g/mol. The minimum Gasteiger partial charge on any atom is -0.378 e. The molecule has 0 aromatic heterocycles. The summed E-state index contributed by atoms with van der Waals surface area (Å²) in [7, 11) is 0. The number of carbonyl (C=O) groups is 1. The highest BCUT2D eigenvalue weighted by Gasteiger charge is 2.31. The van der Waals surface area contributed by atoms with Crippen molar-refractivity contribution < 1.29 is 18.3 Å². The number of ether oxygens (including phenoxy) is 1. The van der Waals surface area contributed by atoms with Gasteiger partial charge in [0.25, 0.3) is 0 Å². The molecule has 2 saturated heterocycles. The lowest BCUT2D eigenvalue weighted by Gasteiger charge is -2.35. The number of hydrogen-bond donors (Lipinski definition) is 1. The molecule has 0 aliphatic carbocycles. The summed E-state index contributed by atoms with van der Waals surface area (Å²) in [6.07, 6.45) is 4.45. The number of halogens is 2. The Kier molecular flexibility index (Phi) is 5.33. The van der Waals surface area contributed by atoms with E-state index < -0.39 is 17.7 Å². The minimum atomic E-state index is -0.901. The Hall–Kier alpha value is -1.69. The third kappa shape index (κ3) is 3.69. The van der Waals surface area contributed by atoms with Crippen LogP contribution in [0.2, 0.25) is 0 Å². The molecule has 0 radical (unpaired) electrons. The lowest BCUT2D eigenvalue weighted by molar-refractivity contribution is 0.0371. The van der Waals surface area contributed by atoms with Crippen molar-refractivity contribution in [1.82, 2.24) is 10.2 Å². The second-order valence-corrected chi connectivity index (χ2v) is 6.69. The average Bonchev–Trinajstić information content (AvgIpc) is 3.12. The molecular weight excluding hydrogens is 314 g/mol. The van der Waals surface area contributed by atoms with Crippen LogP contribution >= 0.6 is 0 Å². The van der Waals surface area contributed by atoms with Gasteiger partial charge in [-0.1, -0.05) is 12.1 Å². The fourth-order valence-electron chi connectivity index (χ4n) is 3.66. The summed E-state index contributed by atoms with van der Waals surface area (Å²) in [6, 6.07) is 3.21. The Balaban J connectivity index is 1.53. The van der Waals surface area contributed by atoms with E-state index in [1.54, 1.807) is 11.8 Å². The highest BCUT2D eigenvalue weighted by Crippen LogP contribution is 2.29. The maximum atomic E-state index is 13.8. The van der Waals surface area contributed by atoms with Gasteiger partial charge in [0.15, 0.2) is 11.6 Å². The van der Waals surface area contributed by atoms with Gasteiger partial charge in [-0.05, 0) is 44.6 Å². The number of urea groups is 1. The van der Waals surface area contributed by atoms with Crippen molar-refractivity contribution in [3.63, 3.8) is 0 Å². The SMILES string of the molecule is C[C@H](NC(=O)N1CCC([C@H]2CCCO2)CC1)c1cccc(F)c1F. The van der Waals surface area contributed by atoms with Crippen LogP contribution in [0.5, 0.6) is 0 Å². The minimum absolute atomic E-state index is 0.164. The van der Waals surface area contributed by atoms with Crippen LogP contribution in [-0.4, -0.2) is 36.7 Å². The van der Waals surface area contributed by atoms with Gasteiger partial charge in [0, 0.05) is 25.3 Å². The van der Waals surface area contributed by atoms with Crippen molar-refractivity contribution in [1.29, 1.82) is 0 Å². The Labute approximate surface area is 141 Å². The van der Waals surface area contributed by atoms with E-state index in [0.29, 0.717) is 25.1 Å². The molecule has 2 aliphatic heterocycles. The van der Waals surface area contributed by atoms with E-state index in [0.717, 1.165) is 38.4 Å². The number of rotatable bonds is 3. The van der Waals surface area contributed by atoms with Crippen molar-refractivity contribution in [2.45, 2.75) is 44.8 Å². The van der Waals surface area contributed by atoms with Crippen LogP contribution in [0.3, 0.4) is 0 Å². The zero-order chi connectivity index (χ0) is 17.1. The van der Waals surface area contributed by atoms with Crippen molar-refractivity contribution in [2.75, 3.05) is 19.7 Å². The van der Waals surface area contributed by atoms with Crippen LogP contribution in [0.4, 0.5) is 13.6 Å². The maximum absolute atomic E-state index is 13.8. The second-order valence-electron chi connectivity index (χ2n) is 6.69. The molecule has 2 aliphatic rings. The smallest absolute Gasteiger partial charge is 0.317 e. The molecule has 4 nitrogen and oxygen atoms in total. The van der Waals surface area contributed by atoms with Gasteiger partial charge < -0.3 is 15.0 Å². The molecule has 6 heteroatoms. The van der Waals surface area contributed by atoms with E-state index in [2.05, 4.69) is 5.32 Å². The summed E-state index contributed by atoms with van der Waals surface area (Å²) in [4.78, 5) is 14.1. The largest absolute Gasteiger partial charge is 0.378 e. The summed E-state index contributed by atoms with van der Waals surface area (Å²) in [6.45, 7) is 3.86. The van der Waals surface area contributed by atoms with Crippen molar-refractivity contribution >= 4 is 6.03 Å². The lowest BCUT2D eigenvalue weighted by Crippen LogP contribution is -2.46. The topological polar surface area (TPSA) is 41.6 Å². The van der Waals surface area contributed by atoms with E-state index in [1.807, 2.05) is 0 Å². The van der Waals surface area contributed by atoms with E-state index >= 15 is 0 Å². The summed E-state index contributed by atoms with van der Waals surface area (Å²) in [5.74, 6) is -1.27. The molecule has 0 bridgehead atoms. The summed E-state index contributed by atoms with van der Waals surface area (Å²) in [5.41, 5.74) is 0.164. The predicted octanol–water partition coefficient (Wildman–Crippen LogP) is 3.63. The zero-order valence-corrected chi connectivity index (χ0v) is 13.9. The van der Waals surface area contributed by atoms with E-state index in [9.17, 15) is 13.6 Å². The monoisotopic (exact) mass is 338 g/mol. The van der Waals surface area contributed by atoms with Crippen molar-refractivity contribution in [3.8, 4) is 0 Å². The Morgan fingerprint density at radius 2 is 2.04 bits per heavy atom. The number of hydrogen-bond acceptors (Lipinski definition) is 2. The third-order valence-electron chi connectivity index (χ3n) is 5.11. The fourth-order valence-corrected chi connectivity index (χ4v) is 3.66. The van der Waals surface area contributed by atoms with Gasteiger partial charge in [-0.25, -0.2) is 13.6 Å². The molecule has 2 heterocycles. The van der Waals surface area contributed by atoms with Gasteiger partial charge in [0.1, 0.15) is 0 Å². The second kappa shape index (κ2) is 7.47. The first-order chi connectivity index (χ1) is 11.6. The molecule has 1 N–H and O–H groups in total. The van der Waals surface area contributed by atoms with Crippen LogP contribution in [-0.2, 0) is 4.74 Å². The molecule has 2 fully saturated rings. The van der Waals surface area contributed by atoms with Gasteiger partial charge >= 0.3 is 6.03 Å². The number of piperidine rings is 1. The van der Waals surface area contributed by atoms with Gasteiger partial charge in [-0.15, -0.1) is 0 Å². The van der Waals surface area contributed by atoms with E-state index in [1.165, 1.54) is 12.1 Å². The molecule has 24 heavy (non-hydrogen) atoms. The first-order valence-corrected chi connectivity index (χ1v) is 8.67. The fraction of sp³-hybridized carbons (Fsp3) is 0.611. The lowest BCUT2D eigenvalue weighted by atomic mass is 9.90. The highest BCUT2D eigenvalue weighted by molar-refractivity contribution is 5.74. The van der Waals surface area contributed by atoms with Crippen LogP contribution in [0.1, 0.15) is 44.2 Å². The third-order valence-corrected chi connectivity index (χ3v) is 5.11. The summed E-state index contributed by atoms with van der Waals surface area (Å²) >= 11 is 0. The molecule has 132 valence electrons. The number of carbonyl (C=O) groups excluding carboxylic acids is 1. The standard InChI is InChI=1S/C18H24F2N2O2/c1-12(14-4-2-5-15(19)17(14)20)21-18(23)22-9-7-13(8-10-22)16-6-3-11-24-16/h2,4-5,12-13,16H,3,6-11H2,1H3,(H,21,23)/t12-,16+/m0/s1. The molecule has 0 unspecified atom stereocenters. The van der Waals surface area contributed by atoms with Crippen LogP contribution in [0.25, 0.3) is 0 Å². The van der Waals surface area contributed by atoms with Gasteiger partial charge in [0.2, 0.25) is 0 Å². The van der Waals surface area contributed by atoms with E-state index in [-0.39, 0.29) is 11.6 Å². The van der Waals surface area contributed by atoms with Crippen molar-refractivity contribution in [3.05, 3.63) is 35.4 Å². The molecule has 2 amide bonds. The predicted molar refractivity (Wildman–Crippen MR) is 86.6 cm³/mol. The van der Waals surface area contributed by atoms with Crippen molar-refractivity contribution in [2.24, 2.45) is 5.92 Å². The molecular formula is C18H24F2N2O2. The quantitative estimate of drug-likeness (QED) is 0.914. The maximum Gasteiger partial charge on any atom is 0.317 e.